The van der Waals surface area contributed by atoms with Crippen molar-refractivity contribution in [1.82, 2.24) is 9.97 Å². The number of hydrogen-bond acceptors (Lipinski definition) is 4. The van der Waals surface area contributed by atoms with Crippen LogP contribution in [0.2, 0.25) is 0 Å². The van der Waals surface area contributed by atoms with Crippen molar-refractivity contribution in [2.24, 2.45) is 0 Å². The Morgan fingerprint density at radius 1 is 0.676 bits per heavy atom. The molecule has 172 valence electrons. The number of hydrogen-bond donors (Lipinski definition) is 0. The first-order valence-corrected chi connectivity index (χ1v) is 12.7. The van der Waals surface area contributed by atoms with Crippen LogP contribution >= 0.6 is 23.5 Å². The molecule has 2 aromatic heterocycles. The van der Waals surface area contributed by atoms with Gasteiger partial charge >= 0.3 is 21.1 Å². The van der Waals surface area contributed by atoms with Crippen LogP contribution in [0.5, 0.6) is 0 Å². The van der Waals surface area contributed by atoms with Gasteiger partial charge < -0.3 is 0 Å². The molecule has 2 atom stereocenters. The average Bonchev–Trinajstić information content (AvgIpc) is 3.49. The third-order valence-corrected chi connectivity index (χ3v) is 8.61. The minimum absolute atomic E-state index is 0. The van der Waals surface area contributed by atoms with Crippen molar-refractivity contribution in [2.75, 3.05) is 0 Å². The molecule has 4 heterocycles. The van der Waals surface area contributed by atoms with Crippen LogP contribution in [0.3, 0.4) is 0 Å². The number of nitrogens with zero attached hydrogens (tertiary/aromatic N) is 2. The molecule has 0 saturated heterocycles. The van der Waals surface area contributed by atoms with Gasteiger partial charge in [0.1, 0.15) is 0 Å². The summed E-state index contributed by atoms with van der Waals surface area (Å²) in [5, 5.41) is 0.167. The molecule has 6 heteroatoms. The SMILES string of the molecule is CC(F)(c1cccc(C2[CH-]c3ccccc3S2)n1)c1cccc(C2[CH-]c3ccccc3S2)n1.[Pt+2]. The summed E-state index contributed by atoms with van der Waals surface area (Å²) in [7, 11) is 0. The Hall–Kier alpha value is -2.20. The minimum Gasteiger partial charge on any atom is -0.254 e. The number of aromatic nitrogens is 2. The molecular weight excluding hydrogens is 643 g/mol. The van der Waals surface area contributed by atoms with Crippen LogP contribution in [-0.2, 0) is 26.7 Å². The molecule has 0 aliphatic carbocycles. The zero-order valence-electron chi connectivity index (χ0n) is 18.3. The van der Waals surface area contributed by atoms with Gasteiger partial charge in [0.05, 0.1) is 11.4 Å². The largest absolute Gasteiger partial charge is 2.00 e. The molecule has 0 spiro atoms. The molecule has 0 saturated carbocycles. The molecule has 0 bridgehead atoms. The molecule has 2 aliphatic rings. The Bertz CT molecular complexity index is 1190. The Morgan fingerprint density at radius 2 is 1.12 bits per heavy atom. The van der Waals surface area contributed by atoms with Crippen LogP contribution in [0.1, 0.15) is 51.3 Å². The van der Waals surface area contributed by atoms with Crippen molar-refractivity contribution in [3.8, 4) is 0 Å². The van der Waals surface area contributed by atoms with Crippen molar-refractivity contribution >= 4 is 23.5 Å². The van der Waals surface area contributed by atoms with Crippen molar-refractivity contribution in [1.29, 1.82) is 0 Å². The monoisotopic (exact) mass is 663 g/mol. The minimum atomic E-state index is -1.79. The molecule has 4 aromatic rings. The van der Waals surface area contributed by atoms with Gasteiger partial charge in [-0.25, -0.2) is 4.39 Å². The Morgan fingerprint density at radius 3 is 1.56 bits per heavy atom. The summed E-state index contributed by atoms with van der Waals surface area (Å²) in [5.41, 5.74) is 3.14. The first-order chi connectivity index (χ1) is 16.1. The molecule has 0 amide bonds. The number of fused-ring (bicyclic) bond motifs is 2. The fraction of sp³-hybridized carbons (Fsp3) is 0.143. The predicted molar refractivity (Wildman–Crippen MR) is 133 cm³/mol. The quantitative estimate of drug-likeness (QED) is 0.211. The van der Waals surface area contributed by atoms with Crippen LogP contribution in [-0.4, -0.2) is 9.97 Å². The second kappa shape index (κ2) is 9.45. The fourth-order valence-corrected chi connectivity index (χ4v) is 6.62. The van der Waals surface area contributed by atoms with Crippen LogP contribution in [0.15, 0.2) is 94.7 Å². The summed E-state index contributed by atoms with van der Waals surface area (Å²) in [6, 6.07) is 27.9. The molecule has 2 unspecified atom stereocenters. The standard InChI is InChI=1S/C28H21FN2S2.Pt/c1-28(29,26-14-6-10-20(30-26)24-16-18-8-2-4-12-22(18)32-24)27-15-7-11-21(31-27)25-17-19-9-3-5-13-23(19)33-25;/h2-17,24-25H,1H3;/q-2;+2. The van der Waals surface area contributed by atoms with Crippen molar-refractivity contribution in [3.63, 3.8) is 0 Å². The number of rotatable bonds is 4. The maximum absolute atomic E-state index is 16.3. The number of alkyl halides is 1. The van der Waals surface area contributed by atoms with Crippen LogP contribution < -0.4 is 0 Å². The molecule has 0 N–H and O–H groups in total. The van der Waals surface area contributed by atoms with Gasteiger partial charge in [-0.1, -0.05) is 34.1 Å². The number of halogens is 1. The van der Waals surface area contributed by atoms with Gasteiger partial charge in [-0.3, -0.25) is 9.97 Å². The van der Waals surface area contributed by atoms with Gasteiger partial charge in [0, 0.05) is 21.9 Å². The van der Waals surface area contributed by atoms with E-state index in [9.17, 15) is 0 Å². The van der Waals surface area contributed by atoms with Crippen LogP contribution in [0.4, 0.5) is 4.39 Å². The van der Waals surface area contributed by atoms with E-state index in [1.54, 1.807) is 42.6 Å². The summed E-state index contributed by atoms with van der Waals surface area (Å²) in [6.45, 7) is 1.56. The van der Waals surface area contributed by atoms with Gasteiger partial charge in [0.15, 0.2) is 5.67 Å². The van der Waals surface area contributed by atoms with Crippen LogP contribution in [0, 0.1) is 12.8 Å². The Balaban J connectivity index is 0.00000241. The number of pyridine rings is 2. The summed E-state index contributed by atoms with van der Waals surface area (Å²) in [5.74, 6) is 0. The molecule has 0 fully saturated rings. The molecule has 2 aliphatic heterocycles. The van der Waals surface area contributed by atoms with Crippen molar-refractivity contribution in [2.45, 2.75) is 32.9 Å². The van der Waals surface area contributed by atoms with E-state index in [1.165, 1.54) is 20.9 Å². The van der Waals surface area contributed by atoms with Crippen molar-refractivity contribution < 1.29 is 25.5 Å². The van der Waals surface area contributed by atoms with E-state index in [0.717, 1.165) is 11.4 Å². The van der Waals surface area contributed by atoms with Crippen LogP contribution in [0.25, 0.3) is 0 Å². The third-order valence-electron chi connectivity index (χ3n) is 6.09. The Labute approximate surface area is 222 Å². The average molecular weight is 664 g/mol. The molecule has 2 nitrogen and oxygen atoms in total. The summed E-state index contributed by atoms with van der Waals surface area (Å²) in [4.78, 5) is 12.0. The topological polar surface area (TPSA) is 25.8 Å². The summed E-state index contributed by atoms with van der Waals surface area (Å²) in [6.07, 6.45) is 4.40. The third kappa shape index (κ3) is 4.30. The number of thioether (sulfide) groups is 2. The zero-order valence-corrected chi connectivity index (χ0v) is 22.2. The van der Waals surface area contributed by atoms with E-state index in [0.29, 0.717) is 11.4 Å². The normalized spacial score (nSPS) is 19.7. The summed E-state index contributed by atoms with van der Waals surface area (Å²) >= 11 is 3.51. The second-order valence-corrected chi connectivity index (χ2v) is 10.8. The Kier molecular flexibility index (Phi) is 6.54. The predicted octanol–water partition coefficient (Wildman–Crippen LogP) is 7.51. The van der Waals surface area contributed by atoms with E-state index in [2.05, 4.69) is 37.1 Å². The van der Waals surface area contributed by atoms with Gasteiger partial charge in [0.2, 0.25) is 0 Å². The van der Waals surface area contributed by atoms with E-state index >= 15 is 4.39 Å². The number of benzene rings is 2. The first-order valence-electron chi connectivity index (χ1n) is 10.9. The summed E-state index contributed by atoms with van der Waals surface area (Å²) < 4.78 is 16.3. The van der Waals surface area contributed by atoms with Gasteiger partial charge in [0.25, 0.3) is 0 Å². The van der Waals surface area contributed by atoms with Gasteiger partial charge in [-0.2, -0.15) is 59.6 Å². The van der Waals surface area contributed by atoms with E-state index in [4.69, 9.17) is 9.97 Å². The van der Waals surface area contributed by atoms with Gasteiger partial charge in [-0.05, 0) is 31.2 Å². The molecule has 6 rings (SSSR count). The fourth-order valence-electron chi connectivity index (χ4n) is 4.28. The van der Waals surface area contributed by atoms with E-state index in [-0.39, 0.29) is 31.6 Å². The smallest absolute Gasteiger partial charge is 0.254 e. The van der Waals surface area contributed by atoms with Gasteiger partial charge in [-0.15, -0.1) is 24.3 Å². The maximum atomic E-state index is 16.3. The van der Waals surface area contributed by atoms with E-state index < -0.39 is 5.67 Å². The van der Waals surface area contributed by atoms with Crippen molar-refractivity contribution in [3.05, 3.63) is 132 Å². The second-order valence-electron chi connectivity index (χ2n) is 8.38. The molecule has 2 aromatic carbocycles. The zero-order chi connectivity index (χ0) is 22.4. The van der Waals surface area contributed by atoms with E-state index in [1.807, 2.05) is 48.5 Å². The maximum Gasteiger partial charge on any atom is 2.00 e. The molecule has 0 radical (unpaired) electrons. The first kappa shape index (κ1) is 23.5. The molecule has 34 heavy (non-hydrogen) atoms. The molecular formula is C28H21FN2PtS2.